The zero-order valence-corrected chi connectivity index (χ0v) is 8.72. The molecule has 3 nitrogen and oxygen atoms in total. The molecule has 3 heteroatoms. The molecular formula is C10H19NO2. The van der Waals surface area contributed by atoms with E-state index < -0.39 is 0 Å². The molecule has 0 atom stereocenters. The van der Waals surface area contributed by atoms with Gasteiger partial charge in [0, 0.05) is 6.04 Å². The first-order valence-corrected chi connectivity index (χ1v) is 4.97. The standard InChI is InChI=1S/C10H19NO2/c1-10(2,3)13-9(12)11-8-6-4-5-7-8/h8H,4-7H2,1-3H3,(H,11,12). The zero-order valence-electron chi connectivity index (χ0n) is 8.72. The lowest BCUT2D eigenvalue weighted by Crippen LogP contribution is -2.37. The molecule has 13 heavy (non-hydrogen) atoms. The van der Waals surface area contributed by atoms with Gasteiger partial charge >= 0.3 is 6.09 Å². The van der Waals surface area contributed by atoms with Crippen molar-refractivity contribution < 1.29 is 9.53 Å². The van der Waals surface area contributed by atoms with Crippen LogP contribution in [0.15, 0.2) is 0 Å². The lowest BCUT2D eigenvalue weighted by molar-refractivity contribution is 0.0505. The molecule has 0 saturated heterocycles. The van der Waals surface area contributed by atoms with E-state index in [-0.39, 0.29) is 11.7 Å². The fourth-order valence-corrected chi connectivity index (χ4v) is 1.54. The number of ether oxygens (including phenoxy) is 1. The number of hydrogen-bond donors (Lipinski definition) is 1. The third-order valence-electron chi connectivity index (χ3n) is 2.08. The molecule has 0 radical (unpaired) electrons. The molecular weight excluding hydrogens is 166 g/mol. The van der Waals surface area contributed by atoms with E-state index in [1.54, 1.807) is 0 Å². The minimum atomic E-state index is -0.386. The molecule has 0 bridgehead atoms. The van der Waals surface area contributed by atoms with Crippen LogP contribution in [0.5, 0.6) is 0 Å². The Kier molecular flexibility index (Phi) is 3.17. The predicted octanol–water partition coefficient (Wildman–Crippen LogP) is 2.45. The van der Waals surface area contributed by atoms with Gasteiger partial charge in [0.25, 0.3) is 0 Å². The van der Waals surface area contributed by atoms with E-state index in [9.17, 15) is 4.79 Å². The first-order valence-electron chi connectivity index (χ1n) is 4.97. The molecule has 1 rings (SSSR count). The summed E-state index contributed by atoms with van der Waals surface area (Å²) >= 11 is 0. The number of nitrogens with one attached hydrogen (secondary N) is 1. The number of alkyl carbamates (subject to hydrolysis) is 1. The van der Waals surface area contributed by atoms with Gasteiger partial charge in [-0.1, -0.05) is 12.8 Å². The van der Waals surface area contributed by atoms with Crippen molar-refractivity contribution in [3.8, 4) is 0 Å². The van der Waals surface area contributed by atoms with Crippen LogP contribution in [0, 0.1) is 0 Å². The molecule has 0 heterocycles. The lowest BCUT2D eigenvalue weighted by atomic mass is 10.2. The van der Waals surface area contributed by atoms with Crippen molar-refractivity contribution in [1.82, 2.24) is 5.32 Å². The molecule has 1 amide bonds. The van der Waals surface area contributed by atoms with Gasteiger partial charge in [-0.25, -0.2) is 4.79 Å². The summed E-state index contributed by atoms with van der Waals surface area (Å²) in [5.74, 6) is 0. The van der Waals surface area contributed by atoms with Gasteiger partial charge < -0.3 is 10.1 Å². The summed E-state index contributed by atoms with van der Waals surface area (Å²) in [6.45, 7) is 5.63. The van der Waals surface area contributed by atoms with Crippen molar-refractivity contribution in [2.75, 3.05) is 0 Å². The first-order chi connectivity index (χ1) is 5.97. The quantitative estimate of drug-likeness (QED) is 0.681. The van der Waals surface area contributed by atoms with Gasteiger partial charge in [0.1, 0.15) is 5.60 Å². The zero-order chi connectivity index (χ0) is 9.90. The van der Waals surface area contributed by atoms with E-state index in [1.165, 1.54) is 12.8 Å². The Labute approximate surface area is 79.8 Å². The molecule has 1 N–H and O–H groups in total. The average molecular weight is 185 g/mol. The topological polar surface area (TPSA) is 38.3 Å². The summed E-state index contributed by atoms with van der Waals surface area (Å²) in [6.07, 6.45) is 4.36. The summed E-state index contributed by atoms with van der Waals surface area (Å²) < 4.78 is 5.15. The monoisotopic (exact) mass is 185 g/mol. The maximum absolute atomic E-state index is 11.3. The summed E-state index contributed by atoms with van der Waals surface area (Å²) in [7, 11) is 0. The summed E-state index contributed by atoms with van der Waals surface area (Å²) in [4.78, 5) is 11.3. The predicted molar refractivity (Wildman–Crippen MR) is 51.6 cm³/mol. The van der Waals surface area contributed by atoms with Crippen LogP contribution >= 0.6 is 0 Å². The molecule has 1 fully saturated rings. The molecule has 0 unspecified atom stereocenters. The van der Waals surface area contributed by atoms with E-state index in [1.807, 2.05) is 20.8 Å². The molecule has 1 saturated carbocycles. The summed E-state index contributed by atoms with van der Waals surface area (Å²) in [5.41, 5.74) is -0.386. The van der Waals surface area contributed by atoms with Gasteiger partial charge in [0.15, 0.2) is 0 Å². The largest absolute Gasteiger partial charge is 0.444 e. The van der Waals surface area contributed by atoms with Gasteiger partial charge in [-0.3, -0.25) is 0 Å². The fourth-order valence-electron chi connectivity index (χ4n) is 1.54. The molecule has 0 spiro atoms. The van der Waals surface area contributed by atoms with Crippen molar-refractivity contribution in [3.05, 3.63) is 0 Å². The van der Waals surface area contributed by atoms with Crippen molar-refractivity contribution in [2.45, 2.75) is 58.1 Å². The third-order valence-corrected chi connectivity index (χ3v) is 2.08. The molecule has 0 aromatic rings. The number of carbonyl (C=O) groups is 1. The minimum Gasteiger partial charge on any atom is -0.444 e. The highest BCUT2D eigenvalue weighted by molar-refractivity contribution is 5.68. The molecule has 1 aliphatic rings. The number of rotatable bonds is 1. The summed E-state index contributed by atoms with van der Waals surface area (Å²) in [5, 5.41) is 2.87. The smallest absolute Gasteiger partial charge is 0.407 e. The second kappa shape index (κ2) is 3.99. The van der Waals surface area contributed by atoms with Crippen LogP contribution in [-0.2, 0) is 4.74 Å². The van der Waals surface area contributed by atoms with Crippen LogP contribution in [0.3, 0.4) is 0 Å². The Balaban J connectivity index is 2.24. The molecule has 1 aliphatic carbocycles. The van der Waals surface area contributed by atoms with E-state index >= 15 is 0 Å². The van der Waals surface area contributed by atoms with E-state index in [0.717, 1.165) is 12.8 Å². The SMILES string of the molecule is CC(C)(C)OC(=O)NC1CCCC1. The second-order valence-corrected chi connectivity index (χ2v) is 4.63. The van der Waals surface area contributed by atoms with Crippen molar-refractivity contribution >= 4 is 6.09 Å². The van der Waals surface area contributed by atoms with E-state index in [4.69, 9.17) is 4.74 Å². The van der Waals surface area contributed by atoms with Gasteiger partial charge in [-0.05, 0) is 33.6 Å². The van der Waals surface area contributed by atoms with Crippen LogP contribution in [0.4, 0.5) is 4.79 Å². The fraction of sp³-hybridized carbons (Fsp3) is 0.900. The van der Waals surface area contributed by atoms with Crippen LogP contribution in [0.2, 0.25) is 0 Å². The summed E-state index contributed by atoms with van der Waals surface area (Å²) in [6, 6.07) is 0.342. The maximum Gasteiger partial charge on any atom is 0.407 e. The van der Waals surface area contributed by atoms with Crippen LogP contribution in [0.1, 0.15) is 46.5 Å². The van der Waals surface area contributed by atoms with Gasteiger partial charge in [-0.2, -0.15) is 0 Å². The van der Waals surface area contributed by atoms with Crippen LogP contribution in [-0.4, -0.2) is 17.7 Å². The molecule has 0 aromatic heterocycles. The Morgan fingerprint density at radius 1 is 1.31 bits per heavy atom. The Morgan fingerprint density at radius 3 is 2.31 bits per heavy atom. The number of carbonyl (C=O) groups excluding carboxylic acids is 1. The van der Waals surface area contributed by atoms with E-state index in [0.29, 0.717) is 6.04 Å². The highest BCUT2D eigenvalue weighted by Gasteiger charge is 2.21. The molecule has 76 valence electrons. The molecule has 0 aliphatic heterocycles. The van der Waals surface area contributed by atoms with Crippen molar-refractivity contribution in [3.63, 3.8) is 0 Å². The average Bonchev–Trinajstić information content (AvgIpc) is 2.34. The van der Waals surface area contributed by atoms with Gasteiger partial charge in [0.2, 0.25) is 0 Å². The van der Waals surface area contributed by atoms with Crippen LogP contribution < -0.4 is 5.32 Å². The third kappa shape index (κ3) is 4.15. The van der Waals surface area contributed by atoms with Gasteiger partial charge in [-0.15, -0.1) is 0 Å². The minimum absolute atomic E-state index is 0.278. The number of amides is 1. The highest BCUT2D eigenvalue weighted by atomic mass is 16.6. The lowest BCUT2D eigenvalue weighted by Gasteiger charge is -2.21. The normalized spacial score (nSPS) is 18.7. The Bertz CT molecular complexity index is 178. The highest BCUT2D eigenvalue weighted by Crippen LogP contribution is 2.18. The molecule has 0 aromatic carbocycles. The first kappa shape index (κ1) is 10.4. The Hall–Kier alpha value is -0.730. The van der Waals surface area contributed by atoms with E-state index in [2.05, 4.69) is 5.32 Å². The van der Waals surface area contributed by atoms with Crippen LogP contribution in [0.25, 0.3) is 0 Å². The van der Waals surface area contributed by atoms with Crippen molar-refractivity contribution in [1.29, 1.82) is 0 Å². The van der Waals surface area contributed by atoms with Crippen molar-refractivity contribution in [2.24, 2.45) is 0 Å². The second-order valence-electron chi connectivity index (χ2n) is 4.63. The van der Waals surface area contributed by atoms with Gasteiger partial charge in [0.05, 0.1) is 0 Å². The number of hydrogen-bond acceptors (Lipinski definition) is 2. The maximum atomic E-state index is 11.3. The Morgan fingerprint density at radius 2 is 1.85 bits per heavy atom.